The maximum Gasteiger partial charge on any atom is 0.306 e. The van der Waals surface area contributed by atoms with Crippen molar-refractivity contribution in [1.29, 1.82) is 0 Å². The Bertz CT molecular complexity index is 988. The van der Waals surface area contributed by atoms with Gasteiger partial charge in [0.2, 0.25) is 0 Å². The number of fused-ring (bicyclic) bond motifs is 5. The molecule has 6 fully saturated rings. The molecule has 2 heterocycles. The molecule has 0 amide bonds. The van der Waals surface area contributed by atoms with Gasteiger partial charge in [0.25, 0.3) is 0 Å². The molecule has 6 aliphatic rings. The lowest BCUT2D eigenvalue weighted by Crippen LogP contribution is -2.61. The molecule has 0 bridgehead atoms. The van der Waals surface area contributed by atoms with Crippen LogP contribution in [0.1, 0.15) is 137 Å². The number of nitrogens with zero attached hydrogens (tertiary/aromatic N) is 2. The lowest BCUT2D eigenvalue weighted by Gasteiger charge is -2.62. The molecule has 0 N–H and O–H groups in total. The third-order valence-corrected chi connectivity index (χ3v) is 13.8. The fraction of sp³-hybridized carbons (Fsp3) is 0.949. The molecule has 6 nitrogen and oxygen atoms in total. The maximum atomic E-state index is 13.0. The SMILES string of the molecule is CBr.CBr.CCCC(=O)OC1CC2CC[C@@H]3[C@H](CC[C@]4(C)C(OC(=O)CCC)C(N5CCCCC5)C[C@@H]34)[C@@]2(C)CC1N1CCCCC1. The van der Waals surface area contributed by atoms with Crippen molar-refractivity contribution in [3.8, 4) is 0 Å². The van der Waals surface area contributed by atoms with Crippen LogP contribution in [0.3, 0.4) is 0 Å². The van der Waals surface area contributed by atoms with Gasteiger partial charge in [0.15, 0.2) is 0 Å². The van der Waals surface area contributed by atoms with E-state index in [9.17, 15) is 9.59 Å². The van der Waals surface area contributed by atoms with Gasteiger partial charge in [-0.1, -0.05) is 72.4 Å². The summed E-state index contributed by atoms with van der Waals surface area (Å²) in [6.07, 6.45) is 19.1. The van der Waals surface area contributed by atoms with Crippen LogP contribution >= 0.6 is 31.9 Å². The number of hydrogen-bond acceptors (Lipinski definition) is 6. The van der Waals surface area contributed by atoms with Crippen LogP contribution in [0.5, 0.6) is 0 Å². The van der Waals surface area contributed by atoms with Gasteiger partial charge in [-0.05, 0) is 150 Å². The first kappa shape index (κ1) is 39.6. The molecule has 0 radical (unpaired) electrons. The summed E-state index contributed by atoms with van der Waals surface area (Å²) in [5.41, 5.74) is 0.368. The molecule has 6 rings (SSSR count). The average molecular weight is 789 g/mol. The second-order valence-electron chi connectivity index (χ2n) is 16.1. The molecule has 0 aromatic carbocycles. The summed E-state index contributed by atoms with van der Waals surface area (Å²) in [5, 5.41) is 0. The van der Waals surface area contributed by atoms with Crippen molar-refractivity contribution in [2.45, 2.75) is 161 Å². The van der Waals surface area contributed by atoms with Gasteiger partial charge in [0.05, 0.1) is 0 Å². The Balaban J connectivity index is 0.00000120. The fourth-order valence-electron chi connectivity index (χ4n) is 11.6. The van der Waals surface area contributed by atoms with Crippen molar-refractivity contribution in [2.24, 2.45) is 34.5 Å². The van der Waals surface area contributed by atoms with Gasteiger partial charge in [-0.15, -0.1) is 0 Å². The lowest BCUT2D eigenvalue weighted by atomic mass is 9.44. The second-order valence-corrected chi connectivity index (χ2v) is 16.1. The Hall–Kier alpha value is -0.180. The number of alkyl halides is 2. The molecule has 8 heteroatoms. The number of halogens is 2. The van der Waals surface area contributed by atoms with E-state index in [0.717, 1.165) is 38.3 Å². The Labute approximate surface area is 304 Å². The number of ether oxygens (including phenoxy) is 2. The summed E-state index contributed by atoms with van der Waals surface area (Å²) in [4.78, 5) is 31.3. The summed E-state index contributed by atoms with van der Waals surface area (Å²) in [6, 6.07) is 0.747. The van der Waals surface area contributed by atoms with E-state index in [1.54, 1.807) is 0 Å². The molecule has 2 saturated heterocycles. The lowest BCUT2D eigenvalue weighted by molar-refractivity contribution is -0.181. The number of piperidine rings is 2. The van der Waals surface area contributed by atoms with Gasteiger partial charge >= 0.3 is 11.9 Å². The van der Waals surface area contributed by atoms with Gasteiger partial charge in [-0.2, -0.15) is 0 Å². The number of carbonyl (C=O) groups excluding carboxylic acids is 2. The quantitative estimate of drug-likeness (QED) is 0.181. The minimum absolute atomic E-state index is 0.0126. The molecule has 0 aromatic heterocycles. The molecule has 10 atom stereocenters. The van der Waals surface area contributed by atoms with E-state index in [0.29, 0.717) is 42.7 Å². The number of carbonyl (C=O) groups is 2. The zero-order valence-corrected chi connectivity index (χ0v) is 33.9. The van der Waals surface area contributed by atoms with Gasteiger partial charge in [-0.3, -0.25) is 19.4 Å². The smallest absolute Gasteiger partial charge is 0.306 e. The zero-order chi connectivity index (χ0) is 34.2. The average Bonchev–Trinajstić information content (AvgIpc) is 3.39. The predicted molar refractivity (Wildman–Crippen MR) is 200 cm³/mol. The third kappa shape index (κ3) is 8.49. The van der Waals surface area contributed by atoms with Crippen molar-refractivity contribution in [1.82, 2.24) is 9.80 Å². The van der Waals surface area contributed by atoms with E-state index in [1.165, 1.54) is 90.1 Å². The molecular weight excluding hydrogens is 720 g/mol. The number of hydrogen-bond donors (Lipinski definition) is 0. The summed E-state index contributed by atoms with van der Waals surface area (Å²) in [7, 11) is 0. The molecule has 0 aromatic rings. The standard InChI is InChI=1S/C37H62N2O4.2CH3Br/c1-5-13-33(40)42-32-23-26-15-16-27-28(37(26,4)25-31(32)39-21-11-8-12-22-39)17-18-36(3)29(27)24-30(38-19-9-7-10-20-38)35(36)43-34(41)14-6-2;2*1-2/h26-32,35H,5-25H2,1-4H3;2*1H3/t26?,27-,28+,29+,30?,31?,32?,35?,36+,37+;;/m1../s1. The minimum atomic E-state index is 0.0126. The molecule has 4 saturated carbocycles. The Morgan fingerprint density at radius 2 is 1.23 bits per heavy atom. The van der Waals surface area contributed by atoms with Crippen LogP contribution in [0.4, 0.5) is 0 Å². The highest BCUT2D eigenvalue weighted by molar-refractivity contribution is 9.09. The van der Waals surface area contributed by atoms with Gasteiger partial charge < -0.3 is 9.47 Å². The topological polar surface area (TPSA) is 59.1 Å². The van der Waals surface area contributed by atoms with Gasteiger partial charge in [0.1, 0.15) is 12.2 Å². The van der Waals surface area contributed by atoms with Crippen LogP contribution in [-0.2, 0) is 19.1 Å². The number of likely N-dealkylation sites (tertiary alicyclic amines) is 2. The minimum Gasteiger partial charge on any atom is -0.461 e. The van der Waals surface area contributed by atoms with E-state index < -0.39 is 0 Å². The van der Waals surface area contributed by atoms with E-state index in [4.69, 9.17) is 9.47 Å². The van der Waals surface area contributed by atoms with Crippen LogP contribution in [-0.4, -0.2) is 83.9 Å². The van der Waals surface area contributed by atoms with E-state index in [1.807, 2.05) is 11.7 Å². The molecule has 47 heavy (non-hydrogen) atoms. The molecule has 5 unspecified atom stereocenters. The first-order valence-electron chi connectivity index (χ1n) is 19.4. The van der Waals surface area contributed by atoms with Crippen molar-refractivity contribution < 1.29 is 19.1 Å². The van der Waals surface area contributed by atoms with E-state index in [2.05, 4.69) is 69.4 Å². The molecular formula is C39H68Br2N2O4. The Morgan fingerprint density at radius 3 is 1.81 bits per heavy atom. The second kappa shape index (κ2) is 18.4. The summed E-state index contributed by atoms with van der Waals surface area (Å²) >= 11 is 5.88. The van der Waals surface area contributed by atoms with Crippen LogP contribution in [0.25, 0.3) is 0 Å². The zero-order valence-electron chi connectivity index (χ0n) is 30.8. The largest absolute Gasteiger partial charge is 0.461 e. The first-order valence-corrected chi connectivity index (χ1v) is 22.6. The van der Waals surface area contributed by atoms with E-state index in [-0.39, 0.29) is 35.0 Å². The van der Waals surface area contributed by atoms with Crippen molar-refractivity contribution >= 4 is 43.8 Å². The maximum absolute atomic E-state index is 13.0. The summed E-state index contributed by atoms with van der Waals surface area (Å²) < 4.78 is 12.9. The van der Waals surface area contributed by atoms with Crippen molar-refractivity contribution in [3.05, 3.63) is 0 Å². The third-order valence-electron chi connectivity index (χ3n) is 13.8. The first-order chi connectivity index (χ1) is 22.8. The monoisotopic (exact) mass is 786 g/mol. The van der Waals surface area contributed by atoms with Gasteiger partial charge in [0, 0.05) is 30.3 Å². The highest BCUT2D eigenvalue weighted by Gasteiger charge is 2.65. The molecule has 4 aliphatic carbocycles. The fourth-order valence-corrected chi connectivity index (χ4v) is 11.6. The van der Waals surface area contributed by atoms with Crippen LogP contribution in [0.2, 0.25) is 0 Å². The number of esters is 2. The van der Waals surface area contributed by atoms with Crippen LogP contribution in [0, 0.1) is 34.5 Å². The van der Waals surface area contributed by atoms with Crippen molar-refractivity contribution in [2.75, 3.05) is 37.8 Å². The molecule has 272 valence electrons. The van der Waals surface area contributed by atoms with Crippen molar-refractivity contribution in [3.63, 3.8) is 0 Å². The normalized spacial score (nSPS) is 40.3. The number of rotatable bonds is 8. The summed E-state index contributed by atoms with van der Waals surface area (Å²) in [6.45, 7) is 14.0. The highest BCUT2D eigenvalue weighted by atomic mass is 79.9. The van der Waals surface area contributed by atoms with E-state index >= 15 is 0 Å². The predicted octanol–water partition coefficient (Wildman–Crippen LogP) is 9.40. The van der Waals surface area contributed by atoms with Crippen LogP contribution < -0.4 is 0 Å². The van der Waals surface area contributed by atoms with Gasteiger partial charge in [-0.25, -0.2) is 0 Å². The Kier molecular flexibility index (Phi) is 15.5. The van der Waals surface area contributed by atoms with Crippen LogP contribution in [0.15, 0.2) is 0 Å². The Morgan fingerprint density at radius 1 is 0.681 bits per heavy atom. The summed E-state index contributed by atoms with van der Waals surface area (Å²) in [5.74, 6) is 6.35. The highest BCUT2D eigenvalue weighted by Crippen LogP contribution is 2.67. The molecule has 2 aliphatic heterocycles. The molecule has 0 spiro atoms.